The molecule has 0 heterocycles. The Bertz CT molecular complexity index is 340. The molecule has 0 aliphatic carbocycles. The molecule has 6 heteroatoms. The van der Waals surface area contributed by atoms with Crippen molar-refractivity contribution in [1.82, 2.24) is 0 Å². The first-order valence-corrected chi connectivity index (χ1v) is 5.40. The van der Waals surface area contributed by atoms with Crippen LogP contribution in [-0.4, -0.2) is 25.9 Å². The summed E-state index contributed by atoms with van der Waals surface area (Å²) in [6.45, 7) is -1.09. The maximum absolute atomic E-state index is 11.9. The summed E-state index contributed by atoms with van der Waals surface area (Å²) in [4.78, 5) is 0. The minimum absolute atomic E-state index is 0.0579. The molecule has 0 spiro atoms. The number of ether oxygens (including phenoxy) is 1. The van der Waals surface area contributed by atoms with E-state index in [1.54, 1.807) is 24.3 Å². The molecule has 96 valence electrons. The predicted octanol–water partition coefficient (Wildman–Crippen LogP) is 2.96. The van der Waals surface area contributed by atoms with Crippen LogP contribution in [0.15, 0.2) is 24.3 Å². The summed E-state index contributed by atoms with van der Waals surface area (Å²) in [6, 6.07) is 6.81. The van der Waals surface area contributed by atoms with E-state index < -0.39 is 12.8 Å². The Kier molecular flexibility index (Phi) is 5.24. The van der Waals surface area contributed by atoms with E-state index in [2.05, 4.69) is 4.74 Å². The van der Waals surface area contributed by atoms with Crippen molar-refractivity contribution in [2.75, 3.05) is 19.8 Å². The maximum atomic E-state index is 11.9. The molecule has 17 heavy (non-hydrogen) atoms. The smallest absolute Gasteiger partial charge is 0.371 e. The van der Waals surface area contributed by atoms with Crippen molar-refractivity contribution >= 4 is 11.6 Å². The molecule has 1 aromatic rings. The molecule has 0 aromatic heterocycles. The second kappa shape index (κ2) is 6.23. The summed E-state index contributed by atoms with van der Waals surface area (Å²) >= 11 is 5.71. The van der Waals surface area contributed by atoms with Gasteiger partial charge in [0.05, 0.1) is 6.61 Å². The van der Waals surface area contributed by atoms with E-state index in [1.165, 1.54) is 0 Å². The molecule has 2 N–H and O–H groups in total. The Labute approximate surface area is 103 Å². The highest BCUT2D eigenvalue weighted by Crippen LogP contribution is 2.20. The number of halogens is 4. The van der Waals surface area contributed by atoms with Gasteiger partial charge in [0.2, 0.25) is 0 Å². The Morgan fingerprint density at radius 1 is 1.24 bits per heavy atom. The molecule has 1 aromatic carbocycles. The lowest BCUT2D eigenvalue weighted by atomic mass is 10.0. The van der Waals surface area contributed by atoms with Crippen LogP contribution in [0.2, 0.25) is 5.02 Å². The standard InChI is InChI=1S/C11H13ClF3NO/c12-10-3-1-8(2-4-10)9(5-16)6-17-7-11(13,14)15/h1-4,9H,5-7,16H2. The molecule has 0 bridgehead atoms. The molecular formula is C11H13ClF3NO. The van der Waals surface area contributed by atoms with Crippen LogP contribution in [0.5, 0.6) is 0 Å². The van der Waals surface area contributed by atoms with Gasteiger partial charge in [-0.2, -0.15) is 13.2 Å². The van der Waals surface area contributed by atoms with Crippen LogP contribution in [-0.2, 0) is 4.74 Å². The second-order valence-electron chi connectivity index (χ2n) is 3.61. The molecule has 2 nitrogen and oxygen atoms in total. The Morgan fingerprint density at radius 2 is 1.82 bits per heavy atom. The maximum Gasteiger partial charge on any atom is 0.411 e. The largest absolute Gasteiger partial charge is 0.411 e. The number of hydrogen-bond donors (Lipinski definition) is 1. The summed E-state index contributed by atoms with van der Waals surface area (Å²) in [6.07, 6.45) is -4.31. The lowest BCUT2D eigenvalue weighted by molar-refractivity contribution is -0.174. The van der Waals surface area contributed by atoms with Crippen LogP contribution in [0.25, 0.3) is 0 Å². The average Bonchev–Trinajstić information content (AvgIpc) is 2.24. The number of alkyl halides is 3. The fourth-order valence-corrected chi connectivity index (χ4v) is 1.48. The van der Waals surface area contributed by atoms with Gasteiger partial charge >= 0.3 is 6.18 Å². The number of hydrogen-bond acceptors (Lipinski definition) is 2. The first-order valence-electron chi connectivity index (χ1n) is 5.02. The molecule has 0 fully saturated rings. The highest BCUT2D eigenvalue weighted by Gasteiger charge is 2.27. The lowest BCUT2D eigenvalue weighted by Crippen LogP contribution is -2.23. The molecule has 1 rings (SSSR count). The van der Waals surface area contributed by atoms with Crippen LogP contribution in [0.1, 0.15) is 11.5 Å². The summed E-state index contributed by atoms with van der Waals surface area (Å²) in [5.41, 5.74) is 6.32. The third kappa shape index (κ3) is 5.39. The fourth-order valence-electron chi connectivity index (χ4n) is 1.35. The van der Waals surface area contributed by atoms with Gasteiger partial charge < -0.3 is 10.5 Å². The predicted molar refractivity (Wildman–Crippen MR) is 60.1 cm³/mol. The van der Waals surface area contributed by atoms with Crippen LogP contribution >= 0.6 is 11.6 Å². The van der Waals surface area contributed by atoms with Gasteiger partial charge in [-0.1, -0.05) is 23.7 Å². The van der Waals surface area contributed by atoms with Crippen LogP contribution in [0.4, 0.5) is 13.2 Å². The van der Waals surface area contributed by atoms with E-state index in [1.807, 2.05) is 0 Å². The van der Waals surface area contributed by atoms with Crippen molar-refractivity contribution in [2.24, 2.45) is 5.73 Å². The average molecular weight is 268 g/mol. The van der Waals surface area contributed by atoms with E-state index in [9.17, 15) is 13.2 Å². The highest BCUT2D eigenvalue weighted by molar-refractivity contribution is 6.30. The molecule has 0 saturated carbocycles. The SMILES string of the molecule is NCC(COCC(F)(F)F)c1ccc(Cl)cc1. The minimum atomic E-state index is -4.31. The van der Waals surface area contributed by atoms with Gasteiger partial charge in [-0.25, -0.2) is 0 Å². The molecule has 0 aliphatic rings. The highest BCUT2D eigenvalue weighted by atomic mass is 35.5. The van der Waals surface area contributed by atoms with Crippen molar-refractivity contribution < 1.29 is 17.9 Å². The number of rotatable bonds is 5. The Balaban J connectivity index is 2.51. The summed E-state index contributed by atoms with van der Waals surface area (Å²) < 4.78 is 40.3. The van der Waals surface area contributed by atoms with E-state index in [0.29, 0.717) is 5.02 Å². The van der Waals surface area contributed by atoms with Crippen molar-refractivity contribution in [1.29, 1.82) is 0 Å². The van der Waals surface area contributed by atoms with Gasteiger partial charge in [-0.3, -0.25) is 0 Å². The van der Waals surface area contributed by atoms with Gasteiger partial charge in [0.15, 0.2) is 0 Å². The molecule has 1 atom stereocenters. The summed E-state index contributed by atoms with van der Waals surface area (Å²) in [7, 11) is 0. The molecular weight excluding hydrogens is 255 g/mol. The molecule has 0 radical (unpaired) electrons. The zero-order valence-electron chi connectivity index (χ0n) is 9.01. The number of nitrogens with two attached hydrogens (primary N) is 1. The van der Waals surface area contributed by atoms with Gasteiger partial charge in [-0.15, -0.1) is 0 Å². The van der Waals surface area contributed by atoms with Crippen LogP contribution in [0.3, 0.4) is 0 Å². The third-order valence-corrected chi connectivity index (χ3v) is 2.46. The van der Waals surface area contributed by atoms with Crippen molar-refractivity contribution in [3.8, 4) is 0 Å². The van der Waals surface area contributed by atoms with Crippen LogP contribution in [0, 0.1) is 0 Å². The normalized spacial score (nSPS) is 13.7. The molecule has 0 saturated heterocycles. The lowest BCUT2D eigenvalue weighted by Gasteiger charge is -2.16. The van der Waals surface area contributed by atoms with E-state index in [0.717, 1.165) is 5.56 Å². The third-order valence-electron chi connectivity index (χ3n) is 2.21. The minimum Gasteiger partial charge on any atom is -0.371 e. The number of benzene rings is 1. The Morgan fingerprint density at radius 3 is 2.29 bits per heavy atom. The second-order valence-corrected chi connectivity index (χ2v) is 4.05. The van der Waals surface area contributed by atoms with E-state index in [-0.39, 0.29) is 19.1 Å². The Hall–Kier alpha value is -0.780. The van der Waals surface area contributed by atoms with Gasteiger partial charge in [0, 0.05) is 17.5 Å². The van der Waals surface area contributed by atoms with Crippen molar-refractivity contribution in [3.05, 3.63) is 34.9 Å². The zero-order chi connectivity index (χ0) is 12.9. The fraction of sp³-hybridized carbons (Fsp3) is 0.455. The van der Waals surface area contributed by atoms with Gasteiger partial charge in [0.25, 0.3) is 0 Å². The van der Waals surface area contributed by atoms with E-state index >= 15 is 0 Å². The molecule has 0 amide bonds. The topological polar surface area (TPSA) is 35.2 Å². The molecule has 0 aliphatic heterocycles. The first kappa shape index (κ1) is 14.3. The van der Waals surface area contributed by atoms with Crippen molar-refractivity contribution in [2.45, 2.75) is 12.1 Å². The first-order chi connectivity index (χ1) is 7.92. The van der Waals surface area contributed by atoms with E-state index in [4.69, 9.17) is 17.3 Å². The summed E-state index contributed by atoms with van der Waals surface area (Å²) in [5.74, 6) is -0.255. The van der Waals surface area contributed by atoms with Gasteiger partial charge in [0.1, 0.15) is 6.61 Å². The zero-order valence-corrected chi connectivity index (χ0v) is 9.76. The summed E-state index contributed by atoms with van der Waals surface area (Å²) in [5, 5.41) is 0.570. The monoisotopic (exact) mass is 267 g/mol. The van der Waals surface area contributed by atoms with Gasteiger partial charge in [-0.05, 0) is 17.7 Å². The van der Waals surface area contributed by atoms with Crippen LogP contribution < -0.4 is 5.73 Å². The van der Waals surface area contributed by atoms with Crippen molar-refractivity contribution in [3.63, 3.8) is 0 Å². The molecule has 1 unspecified atom stereocenters. The quantitative estimate of drug-likeness (QED) is 0.890.